The standard InChI is InChI=1S/C38H58O2/c1-3-5-7-9-11-13-15-17-19-23-29-39-37-27-28-38(36-32-34-26-22-21-25-33(34)31-35(36)37)40-30-24-20-18-16-14-12-10-8-6-4-2/h21-22,25-28,31-32H,3-20,23-24,29-30H2,1-2H3. The maximum Gasteiger partial charge on any atom is 0.127 e. The smallest absolute Gasteiger partial charge is 0.127 e. The van der Waals surface area contributed by atoms with Crippen LogP contribution in [0.3, 0.4) is 0 Å². The van der Waals surface area contributed by atoms with Crippen molar-refractivity contribution in [3.8, 4) is 11.5 Å². The van der Waals surface area contributed by atoms with Gasteiger partial charge < -0.3 is 9.47 Å². The lowest BCUT2D eigenvalue weighted by Crippen LogP contribution is -2.01. The van der Waals surface area contributed by atoms with E-state index < -0.39 is 0 Å². The summed E-state index contributed by atoms with van der Waals surface area (Å²) in [7, 11) is 0. The summed E-state index contributed by atoms with van der Waals surface area (Å²) < 4.78 is 12.7. The highest BCUT2D eigenvalue weighted by atomic mass is 16.5. The molecule has 0 atom stereocenters. The van der Waals surface area contributed by atoms with Crippen molar-refractivity contribution in [1.29, 1.82) is 0 Å². The number of hydrogen-bond acceptors (Lipinski definition) is 2. The van der Waals surface area contributed by atoms with Crippen LogP contribution in [0.15, 0.2) is 48.5 Å². The van der Waals surface area contributed by atoms with Crippen molar-refractivity contribution in [3.05, 3.63) is 48.5 Å². The molecular formula is C38H58O2. The molecule has 3 aromatic carbocycles. The van der Waals surface area contributed by atoms with Crippen LogP contribution >= 0.6 is 0 Å². The van der Waals surface area contributed by atoms with Crippen LogP contribution in [-0.4, -0.2) is 13.2 Å². The van der Waals surface area contributed by atoms with Crippen molar-refractivity contribution < 1.29 is 9.47 Å². The van der Waals surface area contributed by atoms with Gasteiger partial charge >= 0.3 is 0 Å². The summed E-state index contributed by atoms with van der Waals surface area (Å²) in [6.07, 6.45) is 26.9. The van der Waals surface area contributed by atoms with E-state index in [9.17, 15) is 0 Å². The van der Waals surface area contributed by atoms with Gasteiger partial charge in [0, 0.05) is 10.8 Å². The van der Waals surface area contributed by atoms with Crippen molar-refractivity contribution in [2.24, 2.45) is 0 Å². The van der Waals surface area contributed by atoms with Crippen LogP contribution in [0.4, 0.5) is 0 Å². The van der Waals surface area contributed by atoms with Gasteiger partial charge in [0.25, 0.3) is 0 Å². The van der Waals surface area contributed by atoms with Gasteiger partial charge in [-0.05, 0) is 47.9 Å². The van der Waals surface area contributed by atoms with Crippen LogP contribution in [0, 0.1) is 0 Å². The zero-order valence-electron chi connectivity index (χ0n) is 26.0. The van der Waals surface area contributed by atoms with Crippen molar-refractivity contribution >= 4 is 21.5 Å². The molecule has 0 unspecified atom stereocenters. The highest BCUT2D eigenvalue weighted by molar-refractivity contribution is 6.03. The molecule has 3 rings (SSSR count). The number of ether oxygens (including phenoxy) is 2. The third kappa shape index (κ3) is 12.1. The summed E-state index contributed by atoms with van der Waals surface area (Å²) in [6, 6.07) is 17.4. The number of benzene rings is 3. The Morgan fingerprint density at radius 2 is 0.725 bits per heavy atom. The molecule has 0 saturated heterocycles. The fourth-order valence-electron chi connectivity index (χ4n) is 5.77. The molecule has 0 aliphatic rings. The van der Waals surface area contributed by atoms with Crippen LogP contribution in [0.5, 0.6) is 11.5 Å². The lowest BCUT2D eigenvalue weighted by atomic mass is 10.0. The summed E-state index contributed by atoms with van der Waals surface area (Å²) in [4.78, 5) is 0. The summed E-state index contributed by atoms with van der Waals surface area (Å²) in [6.45, 7) is 6.15. The first kappa shape index (κ1) is 32.3. The average molecular weight is 547 g/mol. The first-order chi connectivity index (χ1) is 19.8. The van der Waals surface area contributed by atoms with Gasteiger partial charge in [0.2, 0.25) is 0 Å². The zero-order valence-corrected chi connectivity index (χ0v) is 26.0. The van der Waals surface area contributed by atoms with Crippen LogP contribution in [0.25, 0.3) is 21.5 Å². The number of hydrogen-bond donors (Lipinski definition) is 0. The van der Waals surface area contributed by atoms with Gasteiger partial charge in [-0.1, -0.05) is 154 Å². The van der Waals surface area contributed by atoms with Crippen LogP contribution in [-0.2, 0) is 0 Å². The summed E-state index contributed by atoms with van der Waals surface area (Å²) in [5, 5.41) is 4.86. The van der Waals surface area contributed by atoms with Gasteiger partial charge in [-0.15, -0.1) is 0 Å². The average Bonchev–Trinajstić information content (AvgIpc) is 2.98. The molecule has 0 amide bonds. The van der Waals surface area contributed by atoms with E-state index in [1.54, 1.807) is 0 Å². The quantitative estimate of drug-likeness (QED) is 0.0821. The van der Waals surface area contributed by atoms with Gasteiger partial charge in [-0.3, -0.25) is 0 Å². The molecule has 0 radical (unpaired) electrons. The largest absolute Gasteiger partial charge is 0.493 e. The first-order valence-corrected chi connectivity index (χ1v) is 17.0. The Labute approximate surface area is 246 Å². The Bertz CT molecular complexity index is 972. The highest BCUT2D eigenvalue weighted by Gasteiger charge is 2.10. The predicted octanol–water partition coefficient (Wildman–Crippen LogP) is 12.6. The fourth-order valence-corrected chi connectivity index (χ4v) is 5.77. The molecule has 0 aliphatic heterocycles. The number of unbranched alkanes of at least 4 members (excludes halogenated alkanes) is 18. The maximum absolute atomic E-state index is 6.35. The lowest BCUT2D eigenvalue weighted by molar-refractivity contribution is 0.301. The Morgan fingerprint density at radius 3 is 1.07 bits per heavy atom. The Kier molecular flexibility index (Phi) is 16.7. The van der Waals surface area contributed by atoms with E-state index in [0.29, 0.717) is 0 Å². The minimum absolute atomic E-state index is 0.789. The minimum Gasteiger partial charge on any atom is -0.493 e. The van der Waals surface area contributed by atoms with E-state index in [1.807, 2.05) is 0 Å². The molecule has 0 bridgehead atoms. The lowest BCUT2D eigenvalue weighted by Gasteiger charge is -2.15. The molecule has 3 aromatic rings. The topological polar surface area (TPSA) is 18.5 Å². The SMILES string of the molecule is CCCCCCCCCCCCOc1ccc(OCCCCCCCCCCCC)c2cc3ccccc3cc12. The molecule has 222 valence electrons. The van der Waals surface area contributed by atoms with Crippen LogP contribution in [0.1, 0.15) is 142 Å². The summed E-state index contributed by atoms with van der Waals surface area (Å²) in [5.74, 6) is 1.98. The second-order valence-electron chi connectivity index (χ2n) is 11.9. The van der Waals surface area contributed by atoms with Gasteiger partial charge in [0.1, 0.15) is 11.5 Å². The minimum atomic E-state index is 0.789. The molecular weight excluding hydrogens is 488 g/mol. The van der Waals surface area contributed by atoms with E-state index in [0.717, 1.165) is 37.6 Å². The van der Waals surface area contributed by atoms with E-state index in [2.05, 4.69) is 62.4 Å². The van der Waals surface area contributed by atoms with Crippen molar-refractivity contribution in [2.45, 2.75) is 142 Å². The normalized spacial score (nSPS) is 11.4. The van der Waals surface area contributed by atoms with Crippen LogP contribution < -0.4 is 9.47 Å². The number of fused-ring (bicyclic) bond motifs is 2. The molecule has 2 nitrogen and oxygen atoms in total. The molecule has 0 aliphatic carbocycles. The Balaban J connectivity index is 1.43. The highest BCUT2D eigenvalue weighted by Crippen LogP contribution is 2.36. The van der Waals surface area contributed by atoms with Gasteiger partial charge in [0.05, 0.1) is 13.2 Å². The number of rotatable bonds is 24. The predicted molar refractivity (Wildman–Crippen MR) is 176 cm³/mol. The van der Waals surface area contributed by atoms with Crippen molar-refractivity contribution in [3.63, 3.8) is 0 Å². The molecule has 0 aromatic heterocycles. The van der Waals surface area contributed by atoms with Gasteiger partial charge in [0.15, 0.2) is 0 Å². The molecule has 0 N–H and O–H groups in total. The third-order valence-electron chi connectivity index (χ3n) is 8.31. The Hall–Kier alpha value is -2.22. The van der Waals surface area contributed by atoms with Gasteiger partial charge in [-0.2, -0.15) is 0 Å². The van der Waals surface area contributed by atoms with E-state index >= 15 is 0 Å². The van der Waals surface area contributed by atoms with Crippen LogP contribution in [0.2, 0.25) is 0 Å². The van der Waals surface area contributed by atoms with Gasteiger partial charge in [-0.25, -0.2) is 0 Å². The third-order valence-corrected chi connectivity index (χ3v) is 8.31. The molecule has 0 fully saturated rings. The molecule has 40 heavy (non-hydrogen) atoms. The second kappa shape index (κ2) is 20.6. The zero-order chi connectivity index (χ0) is 28.1. The molecule has 0 spiro atoms. The molecule has 2 heteroatoms. The summed E-state index contributed by atoms with van der Waals surface area (Å²) >= 11 is 0. The Morgan fingerprint density at radius 1 is 0.400 bits per heavy atom. The second-order valence-corrected chi connectivity index (χ2v) is 11.9. The van der Waals surface area contributed by atoms with E-state index in [4.69, 9.17) is 9.47 Å². The monoisotopic (exact) mass is 546 g/mol. The maximum atomic E-state index is 6.35. The summed E-state index contributed by atoms with van der Waals surface area (Å²) in [5.41, 5.74) is 0. The van der Waals surface area contributed by atoms with Crippen molar-refractivity contribution in [1.82, 2.24) is 0 Å². The van der Waals surface area contributed by atoms with Crippen molar-refractivity contribution in [2.75, 3.05) is 13.2 Å². The molecule has 0 heterocycles. The van der Waals surface area contributed by atoms with E-state index in [-0.39, 0.29) is 0 Å². The van der Waals surface area contributed by atoms with E-state index in [1.165, 1.54) is 137 Å². The molecule has 0 saturated carbocycles. The first-order valence-electron chi connectivity index (χ1n) is 17.0. The fraction of sp³-hybridized carbons (Fsp3) is 0.632.